The van der Waals surface area contributed by atoms with E-state index in [-0.39, 0.29) is 54.6 Å². The van der Waals surface area contributed by atoms with Crippen LogP contribution in [0, 0.1) is 15.5 Å². The lowest BCUT2D eigenvalue weighted by atomic mass is 9.96. The van der Waals surface area contributed by atoms with Gasteiger partial charge in [-0.05, 0) is 12.5 Å². The van der Waals surface area contributed by atoms with Gasteiger partial charge in [0.25, 0.3) is 17.5 Å². The van der Waals surface area contributed by atoms with Crippen molar-refractivity contribution in [1.82, 2.24) is 15.5 Å². The summed E-state index contributed by atoms with van der Waals surface area (Å²) in [6.45, 7) is 5.99. The lowest BCUT2D eigenvalue weighted by Gasteiger charge is -2.17. The molecule has 1 aliphatic heterocycles. The Kier molecular flexibility index (Phi) is 6.68. The highest BCUT2D eigenvalue weighted by Crippen LogP contribution is 2.26. The minimum Gasteiger partial charge on any atom is -0.354 e. The van der Waals surface area contributed by atoms with Gasteiger partial charge in [0, 0.05) is 43.6 Å². The van der Waals surface area contributed by atoms with Gasteiger partial charge in [-0.15, -0.1) is 0 Å². The molecule has 10 nitrogen and oxygen atoms in total. The maximum Gasteiger partial charge on any atom is 0.270 e. The number of amides is 4. The van der Waals surface area contributed by atoms with Crippen molar-refractivity contribution < 1.29 is 24.1 Å². The molecule has 0 fully saturated rings. The molecule has 0 aromatic heterocycles. The van der Waals surface area contributed by atoms with E-state index in [1.807, 2.05) is 0 Å². The van der Waals surface area contributed by atoms with Crippen LogP contribution in [0.25, 0.3) is 0 Å². The number of hydrogen-bond acceptors (Lipinski definition) is 6. The maximum absolute atomic E-state index is 12.4. The van der Waals surface area contributed by atoms with Crippen molar-refractivity contribution in [2.45, 2.75) is 33.6 Å². The molecule has 0 spiro atoms. The summed E-state index contributed by atoms with van der Waals surface area (Å²) < 4.78 is 0. The zero-order valence-electron chi connectivity index (χ0n) is 16.6. The fourth-order valence-corrected chi connectivity index (χ4v) is 2.72. The molecule has 0 radical (unpaired) electrons. The van der Waals surface area contributed by atoms with E-state index < -0.39 is 22.2 Å². The first-order valence-electron chi connectivity index (χ1n) is 9.22. The normalized spacial score (nSPS) is 13.3. The average molecular weight is 404 g/mol. The highest BCUT2D eigenvalue weighted by Gasteiger charge is 2.36. The van der Waals surface area contributed by atoms with Crippen LogP contribution in [-0.4, -0.2) is 53.1 Å². The molecule has 0 saturated carbocycles. The minimum atomic E-state index is -0.630. The molecule has 4 amide bonds. The minimum absolute atomic E-state index is 0.00300. The van der Waals surface area contributed by atoms with Crippen molar-refractivity contribution in [3.63, 3.8) is 0 Å². The van der Waals surface area contributed by atoms with Gasteiger partial charge in [-0.25, -0.2) is 0 Å². The number of nitro benzene ring substituents is 1. The van der Waals surface area contributed by atoms with Gasteiger partial charge in [-0.3, -0.25) is 34.2 Å². The largest absolute Gasteiger partial charge is 0.354 e. The Labute approximate surface area is 167 Å². The van der Waals surface area contributed by atoms with Gasteiger partial charge in [-0.2, -0.15) is 0 Å². The zero-order chi connectivity index (χ0) is 21.8. The van der Waals surface area contributed by atoms with Gasteiger partial charge in [0.1, 0.15) is 0 Å². The van der Waals surface area contributed by atoms with Crippen LogP contribution in [0.3, 0.4) is 0 Å². The highest BCUT2D eigenvalue weighted by molar-refractivity contribution is 6.21. The first-order chi connectivity index (χ1) is 13.5. The predicted octanol–water partition coefficient (Wildman–Crippen LogP) is 1.25. The van der Waals surface area contributed by atoms with E-state index in [9.17, 15) is 29.3 Å². The Bertz CT molecular complexity index is 859. The Hall–Kier alpha value is -3.30. The van der Waals surface area contributed by atoms with Gasteiger partial charge in [0.2, 0.25) is 11.8 Å². The lowest BCUT2D eigenvalue weighted by Crippen LogP contribution is -2.40. The molecule has 0 saturated heterocycles. The molecule has 2 rings (SSSR count). The first-order valence-corrected chi connectivity index (χ1v) is 9.22. The number of imide groups is 1. The molecule has 0 unspecified atom stereocenters. The molecular formula is C19H24N4O6. The summed E-state index contributed by atoms with van der Waals surface area (Å²) >= 11 is 0. The van der Waals surface area contributed by atoms with Crippen LogP contribution in [0.2, 0.25) is 0 Å². The summed E-state index contributed by atoms with van der Waals surface area (Å²) in [5.74, 6) is -1.50. The number of rotatable bonds is 8. The fraction of sp³-hybridized carbons (Fsp3) is 0.474. The second kappa shape index (κ2) is 8.80. The maximum atomic E-state index is 12.4. The van der Waals surface area contributed by atoms with Crippen LogP contribution in [0.5, 0.6) is 0 Å². The molecule has 1 aromatic rings. The van der Waals surface area contributed by atoms with Crippen molar-refractivity contribution in [3.05, 3.63) is 39.4 Å². The number of hydrogen-bond donors (Lipinski definition) is 2. The molecule has 0 atom stereocenters. The molecular weight excluding hydrogens is 380 g/mol. The third-order valence-corrected chi connectivity index (χ3v) is 4.36. The van der Waals surface area contributed by atoms with Gasteiger partial charge in [0.15, 0.2) is 0 Å². The van der Waals surface area contributed by atoms with E-state index >= 15 is 0 Å². The third-order valence-electron chi connectivity index (χ3n) is 4.36. The molecule has 2 N–H and O–H groups in total. The predicted molar refractivity (Wildman–Crippen MR) is 103 cm³/mol. The first kappa shape index (κ1) is 22.0. The number of fused-ring (bicyclic) bond motifs is 1. The average Bonchev–Trinajstić information content (AvgIpc) is 2.88. The summed E-state index contributed by atoms with van der Waals surface area (Å²) in [5.41, 5.74) is -0.635. The zero-order valence-corrected chi connectivity index (χ0v) is 16.6. The topological polar surface area (TPSA) is 139 Å². The van der Waals surface area contributed by atoms with Crippen molar-refractivity contribution in [2.75, 3.05) is 19.6 Å². The van der Waals surface area contributed by atoms with E-state index in [2.05, 4.69) is 10.6 Å². The summed E-state index contributed by atoms with van der Waals surface area (Å²) in [4.78, 5) is 59.5. The van der Waals surface area contributed by atoms with E-state index in [1.165, 1.54) is 12.1 Å². The third kappa shape index (κ3) is 5.37. The fourth-order valence-electron chi connectivity index (χ4n) is 2.72. The summed E-state index contributed by atoms with van der Waals surface area (Å²) in [6.07, 6.45) is 0.356. The Morgan fingerprint density at radius 2 is 1.69 bits per heavy atom. The highest BCUT2D eigenvalue weighted by atomic mass is 16.6. The molecule has 29 heavy (non-hydrogen) atoms. The van der Waals surface area contributed by atoms with Crippen LogP contribution in [0.1, 0.15) is 54.3 Å². The number of nitro groups is 1. The van der Waals surface area contributed by atoms with Crippen LogP contribution in [-0.2, 0) is 9.59 Å². The van der Waals surface area contributed by atoms with Crippen molar-refractivity contribution >= 4 is 29.3 Å². The van der Waals surface area contributed by atoms with E-state index in [0.717, 1.165) is 11.0 Å². The second-order valence-corrected chi connectivity index (χ2v) is 7.71. The molecule has 0 bridgehead atoms. The Morgan fingerprint density at radius 1 is 1.07 bits per heavy atom. The second-order valence-electron chi connectivity index (χ2n) is 7.71. The molecule has 10 heteroatoms. The molecule has 1 heterocycles. The van der Waals surface area contributed by atoms with Gasteiger partial charge < -0.3 is 10.6 Å². The van der Waals surface area contributed by atoms with E-state index in [1.54, 1.807) is 20.8 Å². The quantitative estimate of drug-likeness (QED) is 0.289. The van der Waals surface area contributed by atoms with Gasteiger partial charge >= 0.3 is 0 Å². The van der Waals surface area contributed by atoms with Crippen LogP contribution >= 0.6 is 0 Å². The molecule has 0 aliphatic carbocycles. The van der Waals surface area contributed by atoms with Crippen molar-refractivity contribution in [2.24, 2.45) is 5.41 Å². The van der Waals surface area contributed by atoms with Crippen LogP contribution in [0.15, 0.2) is 18.2 Å². The van der Waals surface area contributed by atoms with E-state index in [4.69, 9.17) is 0 Å². The number of nitrogens with zero attached hydrogens (tertiary/aromatic N) is 2. The molecule has 1 aromatic carbocycles. The standard InChI is InChI=1S/C19H24N4O6/c1-19(2,3)18(27)21-9-8-20-15(24)5-4-10-22-16(25)13-7-6-12(23(28)29)11-14(13)17(22)26/h6-7,11H,4-5,8-10H2,1-3H3,(H,20,24)(H,21,27). The lowest BCUT2D eigenvalue weighted by molar-refractivity contribution is -0.384. The number of non-ortho nitro benzene ring substituents is 1. The van der Waals surface area contributed by atoms with Crippen LogP contribution < -0.4 is 10.6 Å². The molecule has 156 valence electrons. The summed E-state index contributed by atoms with van der Waals surface area (Å²) in [5, 5.41) is 16.2. The molecule has 1 aliphatic rings. The SMILES string of the molecule is CC(C)(C)C(=O)NCCNC(=O)CCCN1C(=O)c2ccc([N+](=O)[O-])cc2C1=O. The summed E-state index contributed by atoms with van der Waals surface area (Å²) in [6, 6.07) is 3.54. The number of benzene rings is 1. The van der Waals surface area contributed by atoms with Crippen molar-refractivity contribution in [3.8, 4) is 0 Å². The van der Waals surface area contributed by atoms with E-state index in [0.29, 0.717) is 6.54 Å². The van der Waals surface area contributed by atoms with Gasteiger partial charge in [-0.1, -0.05) is 20.8 Å². The smallest absolute Gasteiger partial charge is 0.270 e. The van der Waals surface area contributed by atoms with Crippen LogP contribution in [0.4, 0.5) is 5.69 Å². The van der Waals surface area contributed by atoms with Gasteiger partial charge in [0.05, 0.1) is 16.1 Å². The summed E-state index contributed by atoms with van der Waals surface area (Å²) in [7, 11) is 0. The Balaban J connectivity index is 1.77. The number of carbonyl (C=O) groups excluding carboxylic acids is 4. The number of carbonyl (C=O) groups is 4. The van der Waals surface area contributed by atoms with Crippen molar-refractivity contribution in [1.29, 1.82) is 0 Å². The monoisotopic (exact) mass is 404 g/mol. The Morgan fingerprint density at radius 3 is 2.31 bits per heavy atom. The number of nitrogens with one attached hydrogen (secondary N) is 2.